The molecule has 0 aliphatic carbocycles. The maximum atomic E-state index is 6.09. The predicted octanol–water partition coefficient (Wildman–Crippen LogP) is 5.54. The number of benzene rings is 1. The Hall–Kier alpha value is -0.680. The highest BCUT2D eigenvalue weighted by atomic mass is 35.5. The van der Waals surface area contributed by atoms with E-state index in [1.54, 1.807) is 17.8 Å². The Morgan fingerprint density at radius 1 is 1.23 bits per heavy atom. The van der Waals surface area contributed by atoms with E-state index in [2.05, 4.69) is 18.4 Å². The molecule has 0 saturated heterocycles. The van der Waals surface area contributed by atoms with Gasteiger partial charge in [0.1, 0.15) is 17.5 Å². The molecule has 0 spiro atoms. The topological polar surface area (TPSA) is 27.1 Å². The number of ether oxygens (including phenoxy) is 1. The van der Waals surface area contributed by atoms with Gasteiger partial charge in [-0.3, -0.25) is 0 Å². The van der Waals surface area contributed by atoms with Gasteiger partial charge in [0.15, 0.2) is 0 Å². The fourth-order valence-electron chi connectivity index (χ4n) is 2.07. The van der Waals surface area contributed by atoms with Crippen molar-refractivity contribution in [2.75, 3.05) is 6.61 Å². The van der Waals surface area contributed by atoms with E-state index in [-0.39, 0.29) is 0 Å². The lowest BCUT2D eigenvalue weighted by atomic mass is 10.2. The van der Waals surface area contributed by atoms with Crippen molar-refractivity contribution < 1.29 is 4.74 Å². The van der Waals surface area contributed by atoms with Gasteiger partial charge in [0.2, 0.25) is 0 Å². The van der Waals surface area contributed by atoms with E-state index >= 15 is 0 Å². The Labute approximate surface area is 146 Å². The molecule has 2 rings (SSSR count). The first-order valence-corrected chi connectivity index (χ1v) is 8.76. The molecule has 0 radical (unpaired) electrons. The van der Waals surface area contributed by atoms with Gasteiger partial charge < -0.3 is 9.30 Å². The van der Waals surface area contributed by atoms with Crippen LogP contribution in [0.4, 0.5) is 0 Å². The minimum atomic E-state index is 0.332. The zero-order chi connectivity index (χ0) is 16.3. The largest absolute Gasteiger partial charge is 0.374 e. The summed E-state index contributed by atoms with van der Waals surface area (Å²) in [7, 11) is 2.02. The standard InChI is InChI=1S/C16H20Cl2N2OS/c1-5-21-9-14-19-15(10(2)3)16(20(14)4)22-13-7-11(17)6-12(18)8-13/h6-8,10H,5,9H2,1-4H3. The van der Waals surface area contributed by atoms with Crippen LogP contribution < -0.4 is 0 Å². The average Bonchev–Trinajstić information content (AvgIpc) is 2.73. The van der Waals surface area contributed by atoms with Gasteiger partial charge in [-0.25, -0.2) is 4.98 Å². The predicted molar refractivity (Wildman–Crippen MR) is 93.2 cm³/mol. The van der Waals surface area contributed by atoms with Crippen LogP contribution in [0.2, 0.25) is 10.0 Å². The Morgan fingerprint density at radius 3 is 2.41 bits per heavy atom. The van der Waals surface area contributed by atoms with Crippen molar-refractivity contribution in [3.8, 4) is 0 Å². The fourth-order valence-corrected chi connectivity index (χ4v) is 3.95. The van der Waals surface area contributed by atoms with Crippen LogP contribution in [0, 0.1) is 0 Å². The molecule has 6 heteroatoms. The number of imidazole rings is 1. The number of rotatable bonds is 6. The molecule has 1 heterocycles. The third-order valence-corrected chi connectivity index (χ3v) is 4.78. The molecule has 2 aromatic rings. The van der Waals surface area contributed by atoms with E-state index in [9.17, 15) is 0 Å². The number of hydrogen-bond donors (Lipinski definition) is 0. The lowest BCUT2D eigenvalue weighted by Gasteiger charge is -2.09. The summed E-state index contributed by atoms with van der Waals surface area (Å²) < 4.78 is 7.59. The maximum absolute atomic E-state index is 6.09. The molecule has 0 fully saturated rings. The van der Waals surface area contributed by atoms with Crippen LogP contribution in [0.15, 0.2) is 28.1 Å². The Bertz CT molecular complexity index is 636. The number of halogens is 2. The zero-order valence-electron chi connectivity index (χ0n) is 13.2. The highest BCUT2D eigenvalue weighted by molar-refractivity contribution is 7.99. The Balaban J connectivity index is 2.37. The summed E-state index contributed by atoms with van der Waals surface area (Å²) in [5.41, 5.74) is 1.07. The molecule has 0 unspecified atom stereocenters. The van der Waals surface area contributed by atoms with Crippen molar-refractivity contribution in [1.29, 1.82) is 0 Å². The molecular formula is C16H20Cl2N2OS. The summed E-state index contributed by atoms with van der Waals surface area (Å²) in [6.07, 6.45) is 0. The number of nitrogens with zero attached hydrogens (tertiary/aromatic N) is 2. The van der Waals surface area contributed by atoms with E-state index < -0.39 is 0 Å². The Morgan fingerprint density at radius 2 is 1.86 bits per heavy atom. The van der Waals surface area contributed by atoms with Gasteiger partial charge in [0.25, 0.3) is 0 Å². The van der Waals surface area contributed by atoms with Crippen LogP contribution in [0.1, 0.15) is 38.2 Å². The smallest absolute Gasteiger partial charge is 0.135 e. The monoisotopic (exact) mass is 358 g/mol. The second-order valence-corrected chi connectivity index (χ2v) is 7.21. The van der Waals surface area contributed by atoms with Crippen LogP contribution in [0.3, 0.4) is 0 Å². The molecule has 1 aromatic heterocycles. The molecule has 0 saturated carbocycles. The Kier molecular flexibility index (Phi) is 6.21. The maximum Gasteiger partial charge on any atom is 0.135 e. The van der Waals surface area contributed by atoms with Gasteiger partial charge >= 0.3 is 0 Å². The third kappa shape index (κ3) is 4.19. The lowest BCUT2D eigenvalue weighted by molar-refractivity contribution is 0.126. The molecule has 0 aliphatic heterocycles. The third-order valence-electron chi connectivity index (χ3n) is 3.19. The molecule has 0 atom stereocenters. The molecular weight excluding hydrogens is 339 g/mol. The van der Waals surface area contributed by atoms with E-state index in [1.165, 1.54) is 0 Å². The first kappa shape index (κ1) is 17.7. The molecule has 0 amide bonds. The van der Waals surface area contributed by atoms with Gasteiger partial charge in [-0.1, -0.05) is 48.8 Å². The van der Waals surface area contributed by atoms with Crippen molar-refractivity contribution >= 4 is 35.0 Å². The quantitative estimate of drug-likeness (QED) is 0.678. The summed E-state index contributed by atoms with van der Waals surface area (Å²) in [6.45, 7) is 7.46. The van der Waals surface area contributed by atoms with Gasteiger partial charge in [-0.15, -0.1) is 0 Å². The van der Waals surface area contributed by atoms with Crippen molar-refractivity contribution in [2.24, 2.45) is 7.05 Å². The fraction of sp³-hybridized carbons (Fsp3) is 0.438. The first-order valence-electron chi connectivity index (χ1n) is 7.19. The van der Waals surface area contributed by atoms with Crippen LogP contribution in [-0.2, 0) is 18.4 Å². The van der Waals surface area contributed by atoms with E-state index in [1.807, 2.05) is 26.1 Å². The zero-order valence-corrected chi connectivity index (χ0v) is 15.5. The van der Waals surface area contributed by atoms with Crippen molar-refractivity contribution in [3.63, 3.8) is 0 Å². The SMILES string of the molecule is CCOCc1nc(C(C)C)c(Sc2cc(Cl)cc(Cl)c2)n1C. The van der Waals surface area contributed by atoms with E-state index in [0.29, 0.717) is 29.2 Å². The van der Waals surface area contributed by atoms with E-state index in [4.69, 9.17) is 32.9 Å². The average molecular weight is 359 g/mol. The lowest BCUT2D eigenvalue weighted by Crippen LogP contribution is -2.01. The van der Waals surface area contributed by atoms with Gasteiger partial charge in [-0.05, 0) is 31.0 Å². The second kappa shape index (κ2) is 7.73. The summed E-state index contributed by atoms with van der Waals surface area (Å²) in [5, 5.41) is 2.37. The molecule has 0 bridgehead atoms. The summed E-state index contributed by atoms with van der Waals surface area (Å²) in [5.74, 6) is 1.26. The van der Waals surface area contributed by atoms with Crippen LogP contribution in [0.5, 0.6) is 0 Å². The van der Waals surface area contributed by atoms with Crippen molar-refractivity contribution in [1.82, 2.24) is 9.55 Å². The molecule has 1 aromatic carbocycles. The summed E-state index contributed by atoms with van der Waals surface area (Å²) in [6, 6.07) is 5.56. The van der Waals surface area contributed by atoms with Gasteiger partial charge in [0, 0.05) is 28.6 Å². The molecule has 120 valence electrons. The van der Waals surface area contributed by atoms with Crippen molar-refractivity contribution in [3.05, 3.63) is 39.8 Å². The van der Waals surface area contributed by atoms with Crippen molar-refractivity contribution in [2.45, 2.75) is 43.2 Å². The summed E-state index contributed by atoms with van der Waals surface area (Å²) in [4.78, 5) is 5.74. The minimum absolute atomic E-state index is 0.332. The molecule has 3 nitrogen and oxygen atoms in total. The molecule has 0 N–H and O–H groups in total. The summed E-state index contributed by atoms with van der Waals surface area (Å²) >= 11 is 13.8. The highest BCUT2D eigenvalue weighted by Gasteiger charge is 2.18. The van der Waals surface area contributed by atoms with Gasteiger partial charge in [0.05, 0.1) is 5.69 Å². The van der Waals surface area contributed by atoms with Crippen LogP contribution in [-0.4, -0.2) is 16.2 Å². The second-order valence-electron chi connectivity index (χ2n) is 5.28. The van der Waals surface area contributed by atoms with Gasteiger partial charge in [-0.2, -0.15) is 0 Å². The molecule has 0 aliphatic rings. The minimum Gasteiger partial charge on any atom is -0.374 e. The van der Waals surface area contributed by atoms with E-state index in [0.717, 1.165) is 21.4 Å². The number of aromatic nitrogens is 2. The molecule has 22 heavy (non-hydrogen) atoms. The van der Waals surface area contributed by atoms with Crippen LogP contribution in [0.25, 0.3) is 0 Å². The normalized spacial score (nSPS) is 11.4. The highest BCUT2D eigenvalue weighted by Crippen LogP contribution is 2.36. The van der Waals surface area contributed by atoms with Crippen LogP contribution >= 0.6 is 35.0 Å². The first-order chi connectivity index (χ1) is 10.4. The number of hydrogen-bond acceptors (Lipinski definition) is 3.